The van der Waals surface area contributed by atoms with Gasteiger partial charge in [-0.2, -0.15) is 0 Å². The summed E-state index contributed by atoms with van der Waals surface area (Å²) >= 11 is 12.2. The van der Waals surface area contributed by atoms with Gasteiger partial charge in [0.15, 0.2) is 0 Å². The summed E-state index contributed by atoms with van der Waals surface area (Å²) < 4.78 is 0. The summed E-state index contributed by atoms with van der Waals surface area (Å²) in [4.78, 5) is 2.22. The van der Waals surface area contributed by atoms with Crippen molar-refractivity contribution in [3.8, 4) is 0 Å². The first-order valence-corrected chi connectivity index (χ1v) is 7.31. The second-order valence-corrected chi connectivity index (χ2v) is 5.97. The molecule has 112 valence electrons. The number of nitrogens with zero attached hydrogens (tertiary/aromatic N) is 2. The Balaban J connectivity index is 2.75. The molecule has 4 nitrogen and oxygen atoms in total. The molecule has 0 bridgehead atoms. The van der Waals surface area contributed by atoms with E-state index < -0.39 is 0 Å². The molecule has 0 radical (unpaired) electrons. The highest BCUT2D eigenvalue weighted by molar-refractivity contribution is 6.42. The van der Waals surface area contributed by atoms with Crippen molar-refractivity contribution in [2.45, 2.75) is 26.8 Å². The van der Waals surface area contributed by atoms with Crippen LogP contribution < -0.4 is 5.73 Å². The van der Waals surface area contributed by atoms with Crippen molar-refractivity contribution in [3.63, 3.8) is 0 Å². The minimum absolute atomic E-state index is 0.232. The first-order valence-electron chi connectivity index (χ1n) is 6.55. The fourth-order valence-corrected chi connectivity index (χ4v) is 2.37. The van der Waals surface area contributed by atoms with Gasteiger partial charge in [0.1, 0.15) is 5.84 Å². The van der Waals surface area contributed by atoms with Crippen molar-refractivity contribution in [1.82, 2.24) is 4.90 Å². The highest BCUT2D eigenvalue weighted by atomic mass is 35.5. The first-order chi connectivity index (χ1) is 9.43. The van der Waals surface area contributed by atoms with E-state index >= 15 is 0 Å². The average Bonchev–Trinajstić information content (AvgIpc) is 2.40. The van der Waals surface area contributed by atoms with Crippen LogP contribution in [-0.4, -0.2) is 29.0 Å². The van der Waals surface area contributed by atoms with E-state index in [1.807, 2.05) is 12.1 Å². The molecule has 0 spiro atoms. The number of hydrogen-bond acceptors (Lipinski definition) is 3. The second-order valence-electron chi connectivity index (χ2n) is 5.18. The minimum Gasteiger partial charge on any atom is -0.409 e. The van der Waals surface area contributed by atoms with Gasteiger partial charge in [0, 0.05) is 26.1 Å². The Bertz CT molecular complexity index is 464. The Kier molecular flexibility index (Phi) is 7.13. The summed E-state index contributed by atoms with van der Waals surface area (Å²) in [6.07, 6.45) is 0.515. The normalized spacial score (nSPS) is 12.4. The summed E-state index contributed by atoms with van der Waals surface area (Å²) in [5.41, 5.74) is 6.51. The highest BCUT2D eigenvalue weighted by Gasteiger charge is 2.12. The Hall–Kier alpha value is -0.970. The molecular formula is C14H21Cl2N3O. The minimum atomic E-state index is 0.232. The van der Waals surface area contributed by atoms with E-state index in [9.17, 15) is 0 Å². The Labute approximate surface area is 130 Å². The van der Waals surface area contributed by atoms with E-state index in [2.05, 4.69) is 23.9 Å². The van der Waals surface area contributed by atoms with E-state index in [0.717, 1.165) is 12.1 Å². The lowest BCUT2D eigenvalue weighted by Gasteiger charge is -2.24. The fourth-order valence-electron chi connectivity index (χ4n) is 1.99. The third kappa shape index (κ3) is 5.57. The maximum Gasteiger partial charge on any atom is 0.140 e. The van der Waals surface area contributed by atoms with Crippen LogP contribution in [0.5, 0.6) is 0 Å². The van der Waals surface area contributed by atoms with Gasteiger partial charge in [0.25, 0.3) is 0 Å². The molecule has 20 heavy (non-hydrogen) atoms. The van der Waals surface area contributed by atoms with Gasteiger partial charge in [-0.25, -0.2) is 0 Å². The van der Waals surface area contributed by atoms with Crippen LogP contribution in [0.2, 0.25) is 10.0 Å². The van der Waals surface area contributed by atoms with Gasteiger partial charge in [0.2, 0.25) is 0 Å². The lowest BCUT2D eigenvalue weighted by molar-refractivity contribution is 0.241. The molecule has 1 aromatic rings. The third-order valence-electron chi connectivity index (χ3n) is 2.86. The van der Waals surface area contributed by atoms with Crippen LogP contribution in [0.25, 0.3) is 0 Å². The lowest BCUT2D eigenvalue weighted by Crippen LogP contribution is -2.31. The van der Waals surface area contributed by atoms with Crippen molar-refractivity contribution >= 4 is 29.0 Å². The summed E-state index contributed by atoms with van der Waals surface area (Å²) in [5.74, 6) is 0.746. The molecule has 0 aromatic heterocycles. The molecule has 0 aliphatic rings. The molecule has 0 aliphatic heterocycles. The largest absolute Gasteiger partial charge is 0.409 e. The van der Waals surface area contributed by atoms with Gasteiger partial charge in [0.05, 0.1) is 10.0 Å². The molecule has 0 saturated carbocycles. The predicted octanol–water partition coefficient (Wildman–Crippen LogP) is 3.59. The predicted molar refractivity (Wildman–Crippen MR) is 84.6 cm³/mol. The van der Waals surface area contributed by atoms with Crippen LogP contribution >= 0.6 is 23.2 Å². The molecule has 0 fully saturated rings. The lowest BCUT2D eigenvalue weighted by atomic mass is 10.1. The van der Waals surface area contributed by atoms with Crippen LogP contribution in [-0.2, 0) is 6.54 Å². The molecule has 1 aromatic carbocycles. The smallest absolute Gasteiger partial charge is 0.140 e. The summed E-state index contributed by atoms with van der Waals surface area (Å²) in [5, 5.41) is 12.8. The molecule has 1 rings (SSSR count). The first kappa shape index (κ1) is 17.1. The summed E-state index contributed by atoms with van der Waals surface area (Å²) in [7, 11) is 0. The van der Waals surface area contributed by atoms with Gasteiger partial charge in [-0.3, -0.25) is 4.90 Å². The number of rotatable bonds is 7. The highest BCUT2D eigenvalue weighted by Crippen LogP contribution is 2.26. The number of oxime groups is 1. The molecule has 0 amide bonds. The molecule has 0 heterocycles. The van der Waals surface area contributed by atoms with Crippen molar-refractivity contribution in [2.75, 3.05) is 13.1 Å². The Morgan fingerprint density at radius 3 is 2.70 bits per heavy atom. The molecule has 0 atom stereocenters. The number of halogens is 2. The quantitative estimate of drug-likeness (QED) is 0.349. The van der Waals surface area contributed by atoms with Gasteiger partial charge < -0.3 is 10.9 Å². The van der Waals surface area contributed by atoms with Crippen LogP contribution in [0.4, 0.5) is 0 Å². The maximum atomic E-state index is 8.61. The van der Waals surface area contributed by atoms with Crippen molar-refractivity contribution in [1.29, 1.82) is 0 Å². The SMILES string of the molecule is CC(C)CN(CC/C(N)=N/O)Cc1cccc(Cl)c1Cl. The third-order valence-corrected chi connectivity index (χ3v) is 3.72. The number of nitrogens with two attached hydrogens (primary N) is 1. The van der Waals surface area contributed by atoms with Crippen molar-refractivity contribution in [3.05, 3.63) is 33.8 Å². The molecule has 3 N–H and O–H groups in total. The van der Waals surface area contributed by atoms with Gasteiger partial charge >= 0.3 is 0 Å². The molecule has 6 heteroatoms. The zero-order chi connectivity index (χ0) is 15.1. The van der Waals surface area contributed by atoms with E-state index in [0.29, 0.717) is 35.5 Å². The van der Waals surface area contributed by atoms with Crippen LogP contribution in [0, 0.1) is 5.92 Å². The summed E-state index contributed by atoms with van der Waals surface area (Å²) in [6, 6.07) is 5.63. The Morgan fingerprint density at radius 2 is 2.10 bits per heavy atom. The molecule has 0 unspecified atom stereocenters. The topological polar surface area (TPSA) is 61.8 Å². The van der Waals surface area contributed by atoms with Crippen LogP contribution in [0.3, 0.4) is 0 Å². The fraction of sp³-hybridized carbons (Fsp3) is 0.500. The van der Waals surface area contributed by atoms with Gasteiger partial charge in [-0.05, 0) is 17.5 Å². The number of amidine groups is 1. The number of hydrogen-bond donors (Lipinski definition) is 2. The standard InChI is InChI=1S/C14H21Cl2N3O/c1-10(2)8-19(7-6-13(17)18-20)9-11-4-3-5-12(15)14(11)16/h3-5,10,20H,6-9H2,1-2H3,(H2,17,18). The molecule has 0 saturated heterocycles. The van der Waals surface area contributed by atoms with E-state index in [1.165, 1.54) is 0 Å². The second kappa shape index (κ2) is 8.35. The number of benzene rings is 1. The van der Waals surface area contributed by atoms with Crippen molar-refractivity contribution in [2.24, 2.45) is 16.8 Å². The maximum absolute atomic E-state index is 8.61. The van der Waals surface area contributed by atoms with E-state index in [4.69, 9.17) is 34.1 Å². The monoisotopic (exact) mass is 317 g/mol. The summed E-state index contributed by atoms with van der Waals surface area (Å²) in [6.45, 7) is 6.60. The van der Waals surface area contributed by atoms with Crippen LogP contribution in [0.1, 0.15) is 25.8 Å². The van der Waals surface area contributed by atoms with E-state index in [1.54, 1.807) is 6.07 Å². The Morgan fingerprint density at radius 1 is 1.40 bits per heavy atom. The van der Waals surface area contributed by atoms with Gasteiger partial charge in [-0.1, -0.05) is 54.3 Å². The zero-order valence-corrected chi connectivity index (χ0v) is 13.3. The van der Waals surface area contributed by atoms with E-state index in [-0.39, 0.29) is 5.84 Å². The molecular weight excluding hydrogens is 297 g/mol. The molecule has 0 aliphatic carbocycles. The van der Waals surface area contributed by atoms with Gasteiger partial charge in [-0.15, -0.1) is 0 Å². The van der Waals surface area contributed by atoms with Crippen LogP contribution in [0.15, 0.2) is 23.4 Å². The van der Waals surface area contributed by atoms with Crippen molar-refractivity contribution < 1.29 is 5.21 Å². The zero-order valence-electron chi connectivity index (χ0n) is 11.8. The average molecular weight is 318 g/mol.